The van der Waals surface area contributed by atoms with Gasteiger partial charge in [0, 0.05) is 22.4 Å². The van der Waals surface area contributed by atoms with E-state index in [0.717, 1.165) is 4.60 Å². The van der Waals surface area contributed by atoms with E-state index in [1.165, 1.54) is 0 Å². The van der Waals surface area contributed by atoms with Gasteiger partial charge in [-0.05, 0) is 34.1 Å². The van der Waals surface area contributed by atoms with Crippen LogP contribution in [0.15, 0.2) is 48.0 Å². The molecule has 0 bridgehead atoms. The molecule has 0 spiro atoms. The number of aromatic nitrogens is 2. The quantitative estimate of drug-likeness (QED) is 0.742. The van der Waals surface area contributed by atoms with E-state index in [0.29, 0.717) is 10.0 Å². The summed E-state index contributed by atoms with van der Waals surface area (Å²) in [6.45, 7) is 3.55. The lowest BCUT2D eigenvalue weighted by atomic mass is 10.4. The Morgan fingerprint density at radius 1 is 1.31 bits per heavy atom. The van der Waals surface area contributed by atoms with Crippen molar-refractivity contribution in [3.63, 3.8) is 0 Å². The molecule has 0 fully saturated rings. The smallest absolute Gasteiger partial charge is 0.124 e. The molecule has 16 heavy (non-hydrogen) atoms. The van der Waals surface area contributed by atoms with Gasteiger partial charge in [0.25, 0.3) is 0 Å². The molecule has 1 aromatic heterocycles. The molecule has 0 aliphatic heterocycles. The molecular weight excluding hydrogens is 311 g/mol. The number of imidazole rings is 1. The summed E-state index contributed by atoms with van der Waals surface area (Å²) in [7, 11) is 0. The van der Waals surface area contributed by atoms with Crippen molar-refractivity contribution in [3.8, 4) is 0 Å². The zero-order valence-corrected chi connectivity index (χ0v) is 11.4. The number of halogens is 3. The topological polar surface area (TPSA) is 17.8 Å². The van der Waals surface area contributed by atoms with Crippen LogP contribution in [-0.4, -0.2) is 9.55 Å². The lowest BCUT2D eigenvalue weighted by Gasteiger charge is -1.86. The van der Waals surface area contributed by atoms with E-state index in [4.69, 9.17) is 23.2 Å². The van der Waals surface area contributed by atoms with Crippen LogP contribution in [0.2, 0.25) is 10.0 Å². The van der Waals surface area contributed by atoms with Crippen molar-refractivity contribution in [1.82, 2.24) is 9.55 Å². The Morgan fingerprint density at radius 3 is 2.19 bits per heavy atom. The number of nitrogens with zero attached hydrogens (tertiary/aromatic N) is 2. The Kier molecular flexibility index (Phi) is 5.60. The maximum Gasteiger partial charge on any atom is 0.124 e. The Balaban J connectivity index is 0.000000160. The predicted molar refractivity (Wildman–Crippen MR) is 72.8 cm³/mol. The molecule has 0 unspecified atom stereocenters. The van der Waals surface area contributed by atoms with Crippen molar-refractivity contribution >= 4 is 45.3 Å². The Hall–Kier alpha value is -0.770. The third kappa shape index (κ3) is 4.84. The van der Waals surface area contributed by atoms with Crippen LogP contribution in [0.5, 0.6) is 0 Å². The molecule has 1 heterocycles. The molecule has 5 heteroatoms. The first-order valence-electron chi connectivity index (χ1n) is 4.34. The van der Waals surface area contributed by atoms with E-state index < -0.39 is 0 Å². The van der Waals surface area contributed by atoms with Crippen molar-refractivity contribution in [2.75, 3.05) is 0 Å². The molecule has 84 valence electrons. The fourth-order valence-corrected chi connectivity index (χ4v) is 1.64. The number of benzene rings is 1. The molecule has 0 saturated carbocycles. The van der Waals surface area contributed by atoms with Crippen LogP contribution < -0.4 is 0 Å². The minimum Gasteiger partial charge on any atom is -0.313 e. The van der Waals surface area contributed by atoms with Crippen LogP contribution in [0.25, 0.3) is 6.20 Å². The van der Waals surface area contributed by atoms with Crippen LogP contribution in [0, 0.1) is 0 Å². The average molecular weight is 320 g/mol. The summed E-state index contributed by atoms with van der Waals surface area (Å²) in [5.41, 5.74) is 0. The van der Waals surface area contributed by atoms with Gasteiger partial charge in [-0.1, -0.05) is 35.8 Å². The molecule has 1 aromatic carbocycles. The fraction of sp³-hybridized carbons (Fsp3) is 0. The number of hydrogen-bond donors (Lipinski definition) is 0. The molecule has 0 atom stereocenters. The van der Waals surface area contributed by atoms with E-state index in [2.05, 4.69) is 27.5 Å². The summed E-state index contributed by atoms with van der Waals surface area (Å²) >= 11 is 14.3. The highest BCUT2D eigenvalue weighted by atomic mass is 79.9. The van der Waals surface area contributed by atoms with E-state index in [1.807, 2.05) is 12.3 Å². The molecule has 2 rings (SSSR count). The van der Waals surface area contributed by atoms with Gasteiger partial charge in [0.05, 0.1) is 0 Å². The van der Waals surface area contributed by atoms with Gasteiger partial charge in [-0.15, -0.1) is 0 Å². The van der Waals surface area contributed by atoms with Gasteiger partial charge < -0.3 is 4.57 Å². The summed E-state index contributed by atoms with van der Waals surface area (Å²) in [5.74, 6) is 0. The summed E-state index contributed by atoms with van der Waals surface area (Å²) in [6.07, 6.45) is 5.18. The second kappa shape index (κ2) is 6.74. The van der Waals surface area contributed by atoms with Crippen LogP contribution in [0.3, 0.4) is 0 Å². The summed E-state index contributed by atoms with van der Waals surface area (Å²) in [5, 5.41) is 1.36. The maximum atomic E-state index is 5.56. The summed E-state index contributed by atoms with van der Waals surface area (Å²) in [4.78, 5) is 3.90. The Bertz CT molecular complexity index is 451. The van der Waals surface area contributed by atoms with Gasteiger partial charge in [0.2, 0.25) is 0 Å². The molecular formula is C11H9BrCl2N2. The normalized spacial score (nSPS) is 9.19. The van der Waals surface area contributed by atoms with Crippen LogP contribution in [-0.2, 0) is 0 Å². The second-order valence-electron chi connectivity index (χ2n) is 2.77. The SMILES string of the molecule is C=Cn1cnc(Br)c1.Clc1cccc(Cl)c1. The third-order valence-electron chi connectivity index (χ3n) is 1.57. The highest BCUT2D eigenvalue weighted by Gasteiger charge is 1.86. The highest BCUT2D eigenvalue weighted by molar-refractivity contribution is 9.10. The maximum absolute atomic E-state index is 5.56. The highest BCUT2D eigenvalue weighted by Crippen LogP contribution is 2.13. The summed E-state index contributed by atoms with van der Waals surface area (Å²) < 4.78 is 2.60. The van der Waals surface area contributed by atoms with Crippen molar-refractivity contribution < 1.29 is 0 Å². The molecule has 0 aliphatic carbocycles. The Morgan fingerprint density at radius 2 is 1.94 bits per heavy atom. The average Bonchev–Trinajstić information content (AvgIpc) is 2.65. The van der Waals surface area contributed by atoms with Crippen molar-refractivity contribution in [2.24, 2.45) is 0 Å². The van der Waals surface area contributed by atoms with Crippen molar-refractivity contribution in [3.05, 3.63) is 58.0 Å². The fourth-order valence-electron chi connectivity index (χ4n) is 0.871. The molecule has 0 amide bonds. The molecule has 0 aliphatic rings. The largest absolute Gasteiger partial charge is 0.313 e. The molecule has 0 N–H and O–H groups in total. The molecule has 0 saturated heterocycles. The predicted octanol–water partition coefficient (Wildman–Crippen LogP) is 4.74. The molecule has 2 nitrogen and oxygen atoms in total. The summed E-state index contributed by atoms with van der Waals surface area (Å²) in [6, 6.07) is 7.08. The standard InChI is InChI=1S/C6H4Cl2.C5H5BrN2/c7-5-2-1-3-6(8)4-5;1-2-8-3-5(6)7-4-8/h1-4H;2-4H,1H2. The third-order valence-corrected chi connectivity index (χ3v) is 2.45. The lowest BCUT2D eigenvalue weighted by Crippen LogP contribution is -1.73. The van der Waals surface area contributed by atoms with Crippen molar-refractivity contribution in [1.29, 1.82) is 0 Å². The van der Waals surface area contributed by atoms with Crippen molar-refractivity contribution in [2.45, 2.75) is 0 Å². The van der Waals surface area contributed by atoms with Gasteiger partial charge in [0.1, 0.15) is 10.9 Å². The van der Waals surface area contributed by atoms with Gasteiger partial charge in [-0.3, -0.25) is 0 Å². The minimum absolute atomic E-state index is 0.678. The van der Waals surface area contributed by atoms with Gasteiger partial charge in [-0.25, -0.2) is 4.98 Å². The number of rotatable bonds is 1. The lowest BCUT2D eigenvalue weighted by molar-refractivity contribution is 1.14. The van der Waals surface area contributed by atoms with E-state index in [-0.39, 0.29) is 0 Å². The van der Waals surface area contributed by atoms with Gasteiger partial charge in [0.15, 0.2) is 0 Å². The van der Waals surface area contributed by atoms with Crippen LogP contribution in [0.4, 0.5) is 0 Å². The van der Waals surface area contributed by atoms with Gasteiger partial charge in [-0.2, -0.15) is 0 Å². The zero-order valence-electron chi connectivity index (χ0n) is 8.28. The second-order valence-corrected chi connectivity index (χ2v) is 4.45. The number of hydrogen-bond acceptors (Lipinski definition) is 1. The molecule has 0 radical (unpaired) electrons. The Labute approximate surface area is 113 Å². The van der Waals surface area contributed by atoms with Gasteiger partial charge >= 0.3 is 0 Å². The van der Waals surface area contributed by atoms with Crippen LogP contribution in [0.1, 0.15) is 0 Å². The van der Waals surface area contributed by atoms with E-state index in [9.17, 15) is 0 Å². The minimum atomic E-state index is 0.678. The van der Waals surface area contributed by atoms with E-state index >= 15 is 0 Å². The first-order valence-corrected chi connectivity index (χ1v) is 5.89. The zero-order chi connectivity index (χ0) is 12.0. The first-order chi connectivity index (χ1) is 7.61. The first kappa shape index (κ1) is 13.3. The van der Waals surface area contributed by atoms with E-state index in [1.54, 1.807) is 35.3 Å². The van der Waals surface area contributed by atoms with Crippen LogP contribution >= 0.6 is 39.1 Å². The monoisotopic (exact) mass is 318 g/mol. The molecule has 2 aromatic rings.